The summed E-state index contributed by atoms with van der Waals surface area (Å²) in [6, 6.07) is 17.3. The van der Waals surface area contributed by atoms with Gasteiger partial charge in [-0.2, -0.15) is 0 Å². The number of rotatable bonds is 9. The monoisotopic (exact) mass is 584 g/mol. The smallest absolute Gasteiger partial charge is 0.301 e. The van der Waals surface area contributed by atoms with Crippen LogP contribution < -0.4 is 19.1 Å². The number of hydrogen-bond donors (Lipinski definition) is 1. The highest BCUT2D eigenvalue weighted by molar-refractivity contribution is 7.22. The standard InChI is InChI=1S/C33H32N2O6S/c1-4-5-6-14-40-24-9-7-8-20(17-24)29-28(30(36)21-10-13-26-22(16-21)15-19(2)41-26)31(37)32(38)35(29)33-34-25-12-11-23(39-3)18-27(25)42-33/h7-13,16-19,29,36H,4-6,14-15H2,1-3H3/b30-28+/t19-,29+/m1/s1. The zero-order valence-corrected chi connectivity index (χ0v) is 24.6. The zero-order chi connectivity index (χ0) is 29.4. The second-order valence-electron chi connectivity index (χ2n) is 10.6. The minimum Gasteiger partial charge on any atom is -0.507 e. The van der Waals surface area contributed by atoms with E-state index in [4.69, 9.17) is 19.2 Å². The molecule has 1 saturated heterocycles. The number of amides is 1. The highest BCUT2D eigenvalue weighted by Gasteiger charge is 2.48. The van der Waals surface area contributed by atoms with Gasteiger partial charge in [0.25, 0.3) is 5.78 Å². The van der Waals surface area contributed by atoms with Crippen molar-refractivity contribution in [2.24, 2.45) is 0 Å². The molecule has 8 nitrogen and oxygen atoms in total. The molecule has 0 spiro atoms. The van der Waals surface area contributed by atoms with E-state index in [-0.39, 0.29) is 17.4 Å². The Hall–Kier alpha value is -4.37. The van der Waals surface area contributed by atoms with E-state index in [2.05, 4.69) is 6.92 Å². The first kappa shape index (κ1) is 27.8. The summed E-state index contributed by atoms with van der Waals surface area (Å²) in [5, 5.41) is 12.0. The molecule has 0 bridgehead atoms. The van der Waals surface area contributed by atoms with Crippen molar-refractivity contribution in [1.82, 2.24) is 4.98 Å². The van der Waals surface area contributed by atoms with Crippen LogP contribution in [0.4, 0.5) is 5.13 Å². The summed E-state index contributed by atoms with van der Waals surface area (Å²) < 4.78 is 18.0. The molecule has 3 aromatic carbocycles. The first-order chi connectivity index (χ1) is 20.4. The van der Waals surface area contributed by atoms with Gasteiger partial charge in [-0.3, -0.25) is 14.5 Å². The molecule has 0 unspecified atom stereocenters. The lowest BCUT2D eigenvalue weighted by Crippen LogP contribution is -2.29. The van der Waals surface area contributed by atoms with Gasteiger partial charge in [0.15, 0.2) is 5.13 Å². The third kappa shape index (κ3) is 5.09. The van der Waals surface area contributed by atoms with Crippen LogP contribution in [0.5, 0.6) is 17.2 Å². The number of benzene rings is 3. The fourth-order valence-electron chi connectivity index (χ4n) is 5.51. The number of Topliss-reactive ketones (excluding diaryl/α,β-unsaturated/α-hetero) is 1. The normalized spacial score (nSPS) is 19.3. The first-order valence-electron chi connectivity index (χ1n) is 14.2. The third-order valence-corrected chi connectivity index (χ3v) is 8.61. The number of carbonyl (C=O) groups excluding carboxylic acids is 2. The molecule has 1 amide bonds. The van der Waals surface area contributed by atoms with E-state index < -0.39 is 17.7 Å². The van der Waals surface area contributed by atoms with E-state index >= 15 is 0 Å². The van der Waals surface area contributed by atoms with Gasteiger partial charge in [-0.1, -0.05) is 43.2 Å². The van der Waals surface area contributed by atoms with Crippen LogP contribution in [-0.4, -0.2) is 41.6 Å². The number of aliphatic hydroxyl groups is 1. The van der Waals surface area contributed by atoms with Crippen LogP contribution >= 0.6 is 11.3 Å². The van der Waals surface area contributed by atoms with Crippen LogP contribution in [0, 0.1) is 0 Å². The molecule has 0 aliphatic carbocycles. The van der Waals surface area contributed by atoms with Gasteiger partial charge in [-0.15, -0.1) is 0 Å². The largest absolute Gasteiger partial charge is 0.507 e. The van der Waals surface area contributed by atoms with Crippen LogP contribution in [0.15, 0.2) is 66.2 Å². The Balaban J connectivity index is 1.47. The summed E-state index contributed by atoms with van der Waals surface area (Å²) in [6.07, 6.45) is 3.79. The van der Waals surface area contributed by atoms with E-state index in [0.29, 0.717) is 46.3 Å². The molecule has 0 radical (unpaired) electrons. The first-order valence-corrected chi connectivity index (χ1v) is 15.0. The maximum absolute atomic E-state index is 13.7. The molecule has 2 atom stereocenters. The van der Waals surface area contributed by atoms with Crippen molar-refractivity contribution in [3.05, 3.63) is 82.9 Å². The number of ketones is 1. The Morgan fingerprint density at radius 2 is 1.95 bits per heavy atom. The van der Waals surface area contributed by atoms with Crippen molar-refractivity contribution in [3.63, 3.8) is 0 Å². The lowest BCUT2D eigenvalue weighted by atomic mass is 9.94. The molecule has 3 heterocycles. The number of nitrogens with zero attached hydrogens (tertiary/aromatic N) is 2. The molecular weight excluding hydrogens is 552 g/mol. The summed E-state index contributed by atoms with van der Waals surface area (Å²) in [5.74, 6) is 0.300. The SMILES string of the molecule is CCCCCOc1cccc([C@H]2/C(=C(\O)c3ccc4c(c3)C[C@@H](C)O4)C(=O)C(=O)N2c2nc3ccc(OC)cc3s2)c1. The Labute approximate surface area is 248 Å². The quantitative estimate of drug-likeness (QED) is 0.0997. The number of carbonyl (C=O) groups is 2. The van der Waals surface area contributed by atoms with Crippen LogP contribution in [0.1, 0.15) is 55.8 Å². The second kappa shape index (κ2) is 11.5. The van der Waals surface area contributed by atoms with Crippen molar-refractivity contribution >= 4 is 44.1 Å². The minimum absolute atomic E-state index is 0.00637. The molecule has 216 valence electrons. The molecule has 1 N–H and O–H groups in total. The molecule has 42 heavy (non-hydrogen) atoms. The maximum Gasteiger partial charge on any atom is 0.301 e. The third-order valence-electron chi connectivity index (χ3n) is 7.59. The van der Waals surface area contributed by atoms with Gasteiger partial charge in [-0.05, 0) is 73.0 Å². The van der Waals surface area contributed by atoms with E-state index in [9.17, 15) is 14.7 Å². The van der Waals surface area contributed by atoms with Crippen molar-refractivity contribution in [3.8, 4) is 17.2 Å². The number of hydrogen-bond acceptors (Lipinski definition) is 8. The fraction of sp³-hybridized carbons (Fsp3) is 0.303. The maximum atomic E-state index is 13.7. The van der Waals surface area contributed by atoms with Gasteiger partial charge in [0.2, 0.25) is 0 Å². The van der Waals surface area contributed by atoms with E-state index in [1.165, 1.54) is 16.2 Å². The van der Waals surface area contributed by atoms with Crippen LogP contribution in [0.3, 0.4) is 0 Å². The molecule has 4 aromatic rings. The summed E-state index contributed by atoms with van der Waals surface area (Å²) >= 11 is 1.29. The number of fused-ring (bicyclic) bond motifs is 2. The molecule has 1 fully saturated rings. The fourth-order valence-corrected chi connectivity index (χ4v) is 6.53. The second-order valence-corrected chi connectivity index (χ2v) is 11.6. The van der Waals surface area contributed by atoms with Crippen molar-refractivity contribution in [2.75, 3.05) is 18.6 Å². The van der Waals surface area contributed by atoms with Crippen molar-refractivity contribution in [2.45, 2.75) is 51.7 Å². The van der Waals surface area contributed by atoms with Crippen molar-refractivity contribution in [1.29, 1.82) is 0 Å². The van der Waals surface area contributed by atoms with Crippen LogP contribution in [0.25, 0.3) is 16.0 Å². The van der Waals surface area contributed by atoms with Gasteiger partial charge >= 0.3 is 5.91 Å². The van der Waals surface area contributed by atoms with Gasteiger partial charge < -0.3 is 19.3 Å². The van der Waals surface area contributed by atoms with E-state index in [1.807, 2.05) is 49.4 Å². The van der Waals surface area contributed by atoms with Gasteiger partial charge in [0.05, 0.1) is 35.5 Å². The van der Waals surface area contributed by atoms with Crippen LogP contribution in [-0.2, 0) is 16.0 Å². The molecule has 1 aromatic heterocycles. The number of anilines is 1. The number of aliphatic hydroxyl groups excluding tert-OH is 1. The summed E-state index contributed by atoms with van der Waals surface area (Å²) in [4.78, 5) is 33.5. The molecular formula is C33H32N2O6S. The van der Waals surface area contributed by atoms with Gasteiger partial charge in [0.1, 0.15) is 29.1 Å². The Morgan fingerprint density at radius 3 is 2.76 bits per heavy atom. The Kier molecular flexibility index (Phi) is 7.60. The molecule has 2 aliphatic rings. The van der Waals surface area contributed by atoms with Crippen molar-refractivity contribution < 1.29 is 28.9 Å². The molecule has 0 saturated carbocycles. The van der Waals surface area contributed by atoms with Gasteiger partial charge in [0, 0.05) is 12.0 Å². The number of thiazole rings is 1. The molecule has 9 heteroatoms. The average Bonchev–Trinajstić information content (AvgIpc) is 3.66. The highest BCUT2D eigenvalue weighted by atomic mass is 32.1. The number of ether oxygens (including phenoxy) is 3. The topological polar surface area (TPSA) is 98.2 Å². The average molecular weight is 585 g/mol. The Bertz CT molecular complexity index is 1710. The zero-order valence-electron chi connectivity index (χ0n) is 23.8. The summed E-state index contributed by atoms with van der Waals surface area (Å²) in [6.45, 7) is 4.68. The Morgan fingerprint density at radius 1 is 1.10 bits per heavy atom. The lowest BCUT2D eigenvalue weighted by Gasteiger charge is -2.23. The number of unbranched alkanes of at least 4 members (excludes halogenated alkanes) is 2. The van der Waals surface area contributed by atoms with Crippen LogP contribution in [0.2, 0.25) is 0 Å². The number of aromatic nitrogens is 1. The van der Waals surface area contributed by atoms with E-state index in [1.54, 1.807) is 25.3 Å². The van der Waals surface area contributed by atoms with Gasteiger partial charge in [-0.25, -0.2) is 4.98 Å². The number of methoxy groups -OCH3 is 1. The molecule has 2 aliphatic heterocycles. The summed E-state index contributed by atoms with van der Waals surface area (Å²) in [7, 11) is 1.59. The highest BCUT2D eigenvalue weighted by Crippen LogP contribution is 2.45. The predicted molar refractivity (Wildman–Crippen MR) is 163 cm³/mol. The lowest BCUT2D eigenvalue weighted by molar-refractivity contribution is -0.132. The predicted octanol–water partition coefficient (Wildman–Crippen LogP) is 6.82. The molecule has 6 rings (SSSR count). The van der Waals surface area contributed by atoms with E-state index in [0.717, 1.165) is 35.3 Å². The minimum atomic E-state index is -0.907. The summed E-state index contributed by atoms with van der Waals surface area (Å²) in [5.41, 5.74) is 2.72.